The Bertz CT molecular complexity index is 956. The molecule has 140 valence electrons. The van der Waals surface area contributed by atoms with Crippen molar-refractivity contribution in [3.8, 4) is 17.5 Å². The van der Waals surface area contributed by atoms with Gasteiger partial charge in [0, 0.05) is 11.9 Å². The fourth-order valence-electron chi connectivity index (χ4n) is 2.58. The number of carboxylic acids is 1. The molecule has 0 aliphatic heterocycles. The highest BCUT2D eigenvalue weighted by Crippen LogP contribution is 2.26. The zero-order valence-corrected chi connectivity index (χ0v) is 15.3. The molecule has 0 radical (unpaired) electrons. The first-order valence-electron chi connectivity index (χ1n) is 8.34. The second-order valence-corrected chi connectivity index (χ2v) is 5.96. The van der Waals surface area contributed by atoms with Crippen molar-refractivity contribution < 1.29 is 24.1 Å². The zero-order valence-electron chi connectivity index (χ0n) is 15.3. The first-order chi connectivity index (χ1) is 13.0. The van der Waals surface area contributed by atoms with Crippen LogP contribution in [0, 0.1) is 0 Å². The molecule has 0 amide bonds. The second kappa shape index (κ2) is 7.90. The van der Waals surface area contributed by atoms with Crippen LogP contribution in [0.3, 0.4) is 0 Å². The molecule has 0 spiro atoms. The predicted molar refractivity (Wildman–Crippen MR) is 96.8 cm³/mol. The van der Waals surface area contributed by atoms with Crippen LogP contribution in [-0.4, -0.2) is 30.2 Å². The minimum absolute atomic E-state index is 0.320. The Kier molecular flexibility index (Phi) is 5.40. The summed E-state index contributed by atoms with van der Waals surface area (Å²) in [5.41, 5.74) is 2.95. The molecule has 1 atom stereocenters. The van der Waals surface area contributed by atoms with Crippen molar-refractivity contribution >= 4 is 17.0 Å². The number of carboxylic acid groups (broad SMARTS) is 1. The first-order valence-corrected chi connectivity index (χ1v) is 8.34. The molecule has 0 saturated heterocycles. The van der Waals surface area contributed by atoms with Crippen molar-refractivity contribution in [2.24, 2.45) is 0 Å². The topological polar surface area (TPSA) is 93.6 Å². The second-order valence-electron chi connectivity index (χ2n) is 5.96. The van der Waals surface area contributed by atoms with Crippen molar-refractivity contribution in [1.82, 2.24) is 9.97 Å². The van der Waals surface area contributed by atoms with E-state index in [-0.39, 0.29) is 0 Å². The summed E-state index contributed by atoms with van der Waals surface area (Å²) in [5.74, 6) is -0.471. The van der Waals surface area contributed by atoms with Crippen molar-refractivity contribution in [3.05, 3.63) is 53.6 Å². The van der Waals surface area contributed by atoms with Crippen molar-refractivity contribution in [1.29, 1.82) is 0 Å². The summed E-state index contributed by atoms with van der Waals surface area (Å²) in [6.07, 6.45) is 0. The molecule has 0 N–H and O–H groups in total. The van der Waals surface area contributed by atoms with E-state index in [4.69, 9.17) is 14.2 Å². The number of carbonyl (C=O) groups excluding carboxylic acids is 1. The lowest BCUT2D eigenvalue weighted by Gasteiger charge is -2.13. The fraction of sp³-hybridized carbons (Fsp3) is 0.250. The van der Waals surface area contributed by atoms with Gasteiger partial charge >= 0.3 is 0 Å². The molecule has 0 aliphatic carbocycles. The van der Waals surface area contributed by atoms with Crippen LogP contribution >= 0.6 is 0 Å². The molecular formula is C20H19N2O5-. The number of carbonyl (C=O) groups is 1. The number of nitrogens with zero attached hydrogens (tertiary/aromatic N) is 2. The lowest BCUT2D eigenvalue weighted by atomic mass is 10.0. The molecule has 27 heavy (non-hydrogen) atoms. The lowest BCUT2D eigenvalue weighted by Crippen LogP contribution is -2.27. The number of rotatable bonds is 7. The maximum atomic E-state index is 10.9. The lowest BCUT2D eigenvalue weighted by molar-refractivity contribution is -0.307. The number of methoxy groups -OCH3 is 2. The van der Waals surface area contributed by atoms with Gasteiger partial charge in [0.2, 0.25) is 0 Å². The maximum Gasteiger partial charge on any atom is 0.278 e. The largest absolute Gasteiger partial charge is 0.550 e. The first kappa shape index (κ1) is 18.4. The third-order valence-corrected chi connectivity index (χ3v) is 4.19. The van der Waals surface area contributed by atoms with Crippen LogP contribution in [0.5, 0.6) is 17.5 Å². The predicted octanol–water partition coefficient (Wildman–Crippen LogP) is 2.08. The Labute approximate surface area is 156 Å². The Morgan fingerprint density at radius 3 is 2.22 bits per heavy atom. The van der Waals surface area contributed by atoms with Crippen molar-refractivity contribution in [2.75, 3.05) is 14.2 Å². The molecule has 0 aliphatic rings. The summed E-state index contributed by atoms with van der Waals surface area (Å²) < 4.78 is 16.1. The van der Waals surface area contributed by atoms with Gasteiger partial charge in [-0.3, -0.25) is 0 Å². The van der Waals surface area contributed by atoms with Gasteiger partial charge in [0.1, 0.15) is 12.4 Å². The Hall–Kier alpha value is -3.35. The Balaban J connectivity index is 1.74. The van der Waals surface area contributed by atoms with Crippen molar-refractivity contribution in [2.45, 2.75) is 19.4 Å². The number of benzene rings is 2. The summed E-state index contributed by atoms with van der Waals surface area (Å²) in [6, 6.07) is 12.5. The van der Waals surface area contributed by atoms with Gasteiger partial charge in [0.05, 0.1) is 25.3 Å². The van der Waals surface area contributed by atoms with Gasteiger partial charge in [-0.2, -0.15) is 0 Å². The van der Waals surface area contributed by atoms with Crippen LogP contribution < -0.4 is 19.3 Å². The molecule has 1 heterocycles. The van der Waals surface area contributed by atoms with E-state index < -0.39 is 11.9 Å². The molecule has 1 aromatic heterocycles. The minimum atomic E-state index is -1.10. The van der Waals surface area contributed by atoms with Crippen LogP contribution in [0.25, 0.3) is 11.0 Å². The summed E-state index contributed by atoms with van der Waals surface area (Å²) in [5, 5.41) is 10.9. The van der Waals surface area contributed by atoms with Crippen LogP contribution in [0.15, 0.2) is 42.5 Å². The molecule has 1 unspecified atom stereocenters. The number of fused-ring (bicyclic) bond motifs is 1. The summed E-state index contributed by atoms with van der Waals surface area (Å²) in [4.78, 5) is 19.7. The molecular weight excluding hydrogens is 348 g/mol. The number of ether oxygens (including phenoxy) is 3. The molecule has 2 aromatic carbocycles. The van der Waals surface area contributed by atoms with Gasteiger partial charge in [-0.1, -0.05) is 25.1 Å². The van der Waals surface area contributed by atoms with Gasteiger partial charge in [-0.25, -0.2) is 9.97 Å². The maximum absolute atomic E-state index is 10.9. The molecule has 3 rings (SSSR count). The van der Waals surface area contributed by atoms with E-state index in [9.17, 15) is 9.90 Å². The molecule has 0 bridgehead atoms. The van der Waals surface area contributed by atoms with E-state index >= 15 is 0 Å². The number of hydrogen-bond acceptors (Lipinski definition) is 7. The zero-order chi connectivity index (χ0) is 19.4. The number of aliphatic carboxylic acids is 1. The highest BCUT2D eigenvalue weighted by Gasteiger charge is 2.10. The molecule has 0 fully saturated rings. The van der Waals surface area contributed by atoms with Crippen LogP contribution in [0.1, 0.15) is 24.0 Å². The SMILES string of the molecule is COc1nc2ccc(COc3ccc(C(C)C(=O)[O-])cc3)cc2nc1OC. The van der Waals surface area contributed by atoms with Gasteiger partial charge in [0.15, 0.2) is 0 Å². The number of aromatic nitrogens is 2. The van der Waals surface area contributed by atoms with Crippen LogP contribution in [-0.2, 0) is 11.4 Å². The molecule has 7 heteroatoms. The smallest absolute Gasteiger partial charge is 0.278 e. The van der Waals surface area contributed by atoms with Crippen molar-refractivity contribution in [3.63, 3.8) is 0 Å². The normalized spacial score (nSPS) is 11.8. The van der Waals surface area contributed by atoms with E-state index in [2.05, 4.69) is 9.97 Å². The average molecular weight is 367 g/mol. The monoisotopic (exact) mass is 367 g/mol. The third-order valence-electron chi connectivity index (χ3n) is 4.19. The number of hydrogen-bond donors (Lipinski definition) is 0. The van der Waals surface area contributed by atoms with Gasteiger partial charge in [0.25, 0.3) is 11.8 Å². The average Bonchev–Trinajstić information content (AvgIpc) is 2.70. The summed E-state index contributed by atoms with van der Waals surface area (Å²) >= 11 is 0. The van der Waals surface area contributed by atoms with E-state index in [1.165, 1.54) is 14.2 Å². The van der Waals surface area contributed by atoms with Gasteiger partial charge < -0.3 is 24.1 Å². The van der Waals surface area contributed by atoms with Gasteiger partial charge in [-0.15, -0.1) is 0 Å². The van der Waals surface area contributed by atoms with E-state index in [0.29, 0.717) is 40.7 Å². The highest BCUT2D eigenvalue weighted by molar-refractivity contribution is 5.76. The minimum Gasteiger partial charge on any atom is -0.550 e. The third kappa shape index (κ3) is 4.08. The molecule has 3 aromatic rings. The van der Waals surface area contributed by atoms with Crippen LogP contribution in [0.2, 0.25) is 0 Å². The standard InChI is InChI=1S/C20H20N2O5/c1-12(20(23)24)14-5-7-15(8-6-14)27-11-13-4-9-16-17(10-13)22-19(26-3)18(21-16)25-2/h4-10,12H,11H2,1-3H3,(H,23,24)/p-1. The van der Waals surface area contributed by atoms with E-state index in [1.807, 2.05) is 18.2 Å². The van der Waals surface area contributed by atoms with E-state index in [0.717, 1.165) is 5.56 Å². The van der Waals surface area contributed by atoms with Gasteiger partial charge in [-0.05, 0) is 35.4 Å². The molecule has 0 saturated carbocycles. The summed E-state index contributed by atoms with van der Waals surface area (Å²) in [6.45, 7) is 1.92. The molecule has 7 nitrogen and oxygen atoms in total. The Morgan fingerprint density at radius 2 is 1.63 bits per heavy atom. The quantitative estimate of drug-likeness (QED) is 0.631. The highest BCUT2D eigenvalue weighted by atomic mass is 16.5. The van der Waals surface area contributed by atoms with Crippen LogP contribution in [0.4, 0.5) is 0 Å². The Morgan fingerprint density at radius 1 is 1.00 bits per heavy atom. The fourth-order valence-corrected chi connectivity index (χ4v) is 2.58. The van der Waals surface area contributed by atoms with E-state index in [1.54, 1.807) is 31.2 Å². The summed E-state index contributed by atoms with van der Waals surface area (Å²) in [7, 11) is 3.02.